The molecular weight excluding hydrogens is 302 g/mol. The zero-order valence-corrected chi connectivity index (χ0v) is 13.9. The summed E-state index contributed by atoms with van der Waals surface area (Å²) >= 11 is 0. The van der Waals surface area contributed by atoms with Crippen LogP contribution in [0.2, 0.25) is 0 Å². The second-order valence-electron chi connectivity index (χ2n) is 6.10. The van der Waals surface area contributed by atoms with E-state index < -0.39 is 0 Å². The monoisotopic (exact) mass is 327 g/mol. The minimum absolute atomic E-state index is 0.0899. The first-order valence-electron chi connectivity index (χ1n) is 8.54. The minimum Gasteiger partial charge on any atom is -0.395 e. The average molecular weight is 327 g/mol. The van der Waals surface area contributed by atoms with Crippen molar-refractivity contribution in [2.45, 2.75) is 25.4 Å². The molecule has 0 bridgehead atoms. The molecule has 6 nitrogen and oxygen atoms in total. The molecule has 3 rings (SSSR count). The Bertz CT molecular complexity index is 614. The second-order valence-corrected chi connectivity index (χ2v) is 6.10. The van der Waals surface area contributed by atoms with Crippen LogP contribution in [0.3, 0.4) is 0 Å². The first kappa shape index (κ1) is 16.7. The molecule has 3 N–H and O–H groups in total. The summed E-state index contributed by atoms with van der Waals surface area (Å²) in [5, 5.41) is 15.3. The number of nitrogens with zero attached hydrogens (tertiary/aromatic N) is 3. The fourth-order valence-electron chi connectivity index (χ4n) is 2.97. The van der Waals surface area contributed by atoms with Crippen molar-refractivity contribution in [3.8, 4) is 0 Å². The van der Waals surface area contributed by atoms with Crippen molar-refractivity contribution in [3.05, 3.63) is 48.2 Å². The van der Waals surface area contributed by atoms with E-state index in [9.17, 15) is 0 Å². The fourth-order valence-corrected chi connectivity index (χ4v) is 2.97. The Morgan fingerprint density at radius 2 is 1.92 bits per heavy atom. The normalized spacial score (nSPS) is 16.0. The maximum atomic E-state index is 8.86. The van der Waals surface area contributed by atoms with E-state index >= 15 is 0 Å². The molecule has 6 heteroatoms. The number of hydrogen-bond acceptors (Lipinski definition) is 6. The summed E-state index contributed by atoms with van der Waals surface area (Å²) in [5.74, 6) is 1.39. The van der Waals surface area contributed by atoms with Gasteiger partial charge in [-0.05, 0) is 24.5 Å². The van der Waals surface area contributed by atoms with Crippen molar-refractivity contribution in [3.63, 3.8) is 0 Å². The molecule has 1 saturated heterocycles. The first-order chi connectivity index (χ1) is 11.8. The predicted octanol–water partition coefficient (Wildman–Crippen LogP) is 1.96. The number of benzene rings is 1. The predicted molar refractivity (Wildman–Crippen MR) is 96.0 cm³/mol. The summed E-state index contributed by atoms with van der Waals surface area (Å²) in [6.45, 7) is 3.76. The molecule has 0 aliphatic carbocycles. The number of anilines is 2. The Hall–Kier alpha value is -2.18. The number of hydrogen-bond donors (Lipinski definition) is 3. The molecule has 1 aromatic carbocycles. The van der Waals surface area contributed by atoms with Gasteiger partial charge in [-0.3, -0.25) is 4.90 Å². The summed E-state index contributed by atoms with van der Waals surface area (Å²) in [7, 11) is 0. The molecule has 1 aliphatic rings. The van der Waals surface area contributed by atoms with Crippen molar-refractivity contribution in [1.29, 1.82) is 0 Å². The Labute approximate surface area is 142 Å². The lowest BCUT2D eigenvalue weighted by atomic mass is 10.0. The summed E-state index contributed by atoms with van der Waals surface area (Å²) < 4.78 is 0. The molecule has 24 heavy (non-hydrogen) atoms. The number of piperidine rings is 1. The molecule has 2 aromatic rings. The van der Waals surface area contributed by atoms with E-state index in [-0.39, 0.29) is 6.61 Å². The second kappa shape index (κ2) is 8.61. The summed E-state index contributed by atoms with van der Waals surface area (Å²) in [5.41, 5.74) is 1.37. The lowest BCUT2D eigenvalue weighted by molar-refractivity contribution is 0.211. The number of nitrogens with one attached hydrogen (secondary N) is 2. The van der Waals surface area contributed by atoms with Crippen molar-refractivity contribution in [2.75, 3.05) is 36.9 Å². The molecule has 0 unspecified atom stereocenters. The summed E-state index contributed by atoms with van der Waals surface area (Å²) in [4.78, 5) is 11.2. The third kappa shape index (κ3) is 4.91. The first-order valence-corrected chi connectivity index (χ1v) is 8.54. The van der Waals surface area contributed by atoms with Gasteiger partial charge in [-0.15, -0.1) is 0 Å². The van der Waals surface area contributed by atoms with Gasteiger partial charge >= 0.3 is 0 Å². The van der Waals surface area contributed by atoms with Gasteiger partial charge in [0, 0.05) is 38.4 Å². The molecular formula is C18H25N5O. The van der Waals surface area contributed by atoms with E-state index in [1.165, 1.54) is 5.56 Å². The summed E-state index contributed by atoms with van der Waals surface area (Å²) in [6, 6.07) is 12.8. The largest absolute Gasteiger partial charge is 0.395 e. The number of aromatic nitrogens is 2. The van der Waals surface area contributed by atoms with Gasteiger partial charge in [0.05, 0.1) is 6.61 Å². The van der Waals surface area contributed by atoms with Gasteiger partial charge < -0.3 is 15.7 Å². The fraction of sp³-hybridized carbons (Fsp3) is 0.444. The maximum absolute atomic E-state index is 8.86. The van der Waals surface area contributed by atoms with Crippen LogP contribution < -0.4 is 10.6 Å². The van der Waals surface area contributed by atoms with Gasteiger partial charge in [-0.25, -0.2) is 4.98 Å². The van der Waals surface area contributed by atoms with E-state index in [4.69, 9.17) is 5.11 Å². The zero-order chi connectivity index (χ0) is 16.6. The van der Waals surface area contributed by atoms with Crippen LogP contribution in [-0.2, 0) is 6.54 Å². The van der Waals surface area contributed by atoms with Crippen LogP contribution in [0.1, 0.15) is 18.4 Å². The van der Waals surface area contributed by atoms with E-state index in [2.05, 4.69) is 55.8 Å². The lowest BCUT2D eigenvalue weighted by Crippen LogP contribution is -2.39. The quantitative estimate of drug-likeness (QED) is 0.722. The van der Waals surface area contributed by atoms with Gasteiger partial charge in [-0.1, -0.05) is 30.3 Å². The zero-order valence-electron chi connectivity index (χ0n) is 13.9. The summed E-state index contributed by atoms with van der Waals surface area (Å²) in [6.07, 6.45) is 3.91. The van der Waals surface area contributed by atoms with Crippen LogP contribution in [0.25, 0.3) is 0 Å². The standard InChI is InChI=1S/C18H25N5O/c24-13-10-19-17-6-9-20-18(22-17)21-16-7-11-23(12-8-16)14-15-4-2-1-3-5-15/h1-6,9,16,24H,7-8,10-14H2,(H2,19,20,21,22). The number of likely N-dealkylation sites (tertiary alicyclic amines) is 1. The van der Waals surface area contributed by atoms with Gasteiger partial charge in [-0.2, -0.15) is 4.98 Å². The van der Waals surface area contributed by atoms with E-state index in [1.807, 2.05) is 6.07 Å². The smallest absolute Gasteiger partial charge is 0.224 e. The molecule has 0 atom stereocenters. The highest BCUT2D eigenvalue weighted by Gasteiger charge is 2.19. The minimum atomic E-state index is 0.0899. The van der Waals surface area contributed by atoms with E-state index in [0.717, 1.165) is 38.3 Å². The van der Waals surface area contributed by atoms with Gasteiger partial charge in [0.2, 0.25) is 5.95 Å². The Morgan fingerprint density at radius 3 is 2.67 bits per heavy atom. The lowest BCUT2D eigenvalue weighted by Gasteiger charge is -2.32. The molecule has 0 spiro atoms. The molecule has 1 fully saturated rings. The van der Waals surface area contributed by atoms with Crippen molar-refractivity contribution >= 4 is 11.8 Å². The van der Waals surface area contributed by atoms with Gasteiger partial charge in [0.15, 0.2) is 0 Å². The molecule has 0 saturated carbocycles. The number of aliphatic hydroxyl groups is 1. The molecule has 128 valence electrons. The highest BCUT2D eigenvalue weighted by atomic mass is 16.3. The third-order valence-corrected chi connectivity index (χ3v) is 4.24. The van der Waals surface area contributed by atoms with Crippen LogP contribution in [0.4, 0.5) is 11.8 Å². The Morgan fingerprint density at radius 1 is 1.12 bits per heavy atom. The van der Waals surface area contributed by atoms with Crippen LogP contribution >= 0.6 is 0 Å². The van der Waals surface area contributed by atoms with Crippen molar-refractivity contribution < 1.29 is 5.11 Å². The average Bonchev–Trinajstić information content (AvgIpc) is 2.63. The highest BCUT2D eigenvalue weighted by molar-refractivity contribution is 5.40. The Balaban J connectivity index is 1.47. The Kier molecular flexibility index (Phi) is 5.98. The topological polar surface area (TPSA) is 73.3 Å². The molecule has 1 aromatic heterocycles. The third-order valence-electron chi connectivity index (χ3n) is 4.24. The van der Waals surface area contributed by atoms with E-state index in [0.29, 0.717) is 18.5 Å². The van der Waals surface area contributed by atoms with Crippen molar-refractivity contribution in [1.82, 2.24) is 14.9 Å². The van der Waals surface area contributed by atoms with Crippen LogP contribution in [0.15, 0.2) is 42.6 Å². The maximum Gasteiger partial charge on any atom is 0.224 e. The van der Waals surface area contributed by atoms with Crippen LogP contribution in [0.5, 0.6) is 0 Å². The van der Waals surface area contributed by atoms with Gasteiger partial charge in [0.25, 0.3) is 0 Å². The van der Waals surface area contributed by atoms with Crippen molar-refractivity contribution in [2.24, 2.45) is 0 Å². The SMILES string of the molecule is OCCNc1ccnc(NC2CCN(Cc3ccccc3)CC2)n1. The van der Waals surface area contributed by atoms with Crippen LogP contribution in [0, 0.1) is 0 Å². The molecule has 0 radical (unpaired) electrons. The van der Waals surface area contributed by atoms with Gasteiger partial charge in [0.1, 0.15) is 5.82 Å². The molecule has 2 heterocycles. The van der Waals surface area contributed by atoms with Crippen LogP contribution in [-0.4, -0.2) is 52.3 Å². The molecule has 0 amide bonds. The number of rotatable bonds is 7. The highest BCUT2D eigenvalue weighted by Crippen LogP contribution is 2.17. The van der Waals surface area contributed by atoms with E-state index in [1.54, 1.807) is 6.20 Å². The number of aliphatic hydroxyl groups excluding tert-OH is 1. The molecule has 1 aliphatic heterocycles.